The third-order valence-corrected chi connectivity index (χ3v) is 14.6. The summed E-state index contributed by atoms with van der Waals surface area (Å²) in [6, 6.07) is 20.2. The molecule has 2 heterocycles. The second-order valence-corrected chi connectivity index (χ2v) is 21.8. The van der Waals surface area contributed by atoms with Gasteiger partial charge in [0, 0.05) is 58.5 Å². The Morgan fingerprint density at radius 2 is 1.69 bits per heavy atom. The smallest absolute Gasteiger partial charge is 0.251 e. The largest absolute Gasteiger partial charge is 0.489 e. The Balaban J connectivity index is 0.911. The molecule has 68 heavy (non-hydrogen) atoms. The van der Waals surface area contributed by atoms with Gasteiger partial charge >= 0.3 is 0 Å². The molecule has 15 heteroatoms. The van der Waals surface area contributed by atoms with E-state index in [2.05, 4.69) is 82.5 Å². The van der Waals surface area contributed by atoms with Crippen molar-refractivity contribution in [3.63, 3.8) is 0 Å². The number of β-amino-alcohol motifs (C(OH)–C–C–N with tert-alkyl or cyclic N) is 1. The number of aromatic nitrogens is 1. The van der Waals surface area contributed by atoms with E-state index in [-0.39, 0.29) is 60.4 Å². The maximum atomic E-state index is 14.1. The molecule has 2 fully saturated rings. The van der Waals surface area contributed by atoms with Crippen molar-refractivity contribution >= 4 is 50.9 Å². The summed E-state index contributed by atoms with van der Waals surface area (Å²) in [7, 11) is 0. The molecule has 1 unspecified atom stereocenters. The summed E-state index contributed by atoms with van der Waals surface area (Å²) in [5, 5.41) is 29.0. The Hall–Kier alpha value is -5.58. The molecular weight excluding hydrogens is 945 g/mol. The molecule has 4 atom stereocenters. The number of hydrogen-bond donors (Lipinski definition) is 4. The number of nitrogens with zero attached hydrogens (tertiary/aromatic N) is 3. The lowest BCUT2D eigenvalue weighted by Gasteiger charge is -2.63. The van der Waals surface area contributed by atoms with Gasteiger partial charge in [-0.15, -0.1) is 11.3 Å². The van der Waals surface area contributed by atoms with Crippen LogP contribution in [0.3, 0.4) is 0 Å². The van der Waals surface area contributed by atoms with E-state index in [1.54, 1.807) is 41.7 Å². The van der Waals surface area contributed by atoms with Crippen LogP contribution in [-0.4, -0.2) is 88.7 Å². The number of carbonyl (C=O) groups is 4. The molecule has 2 aliphatic rings. The van der Waals surface area contributed by atoms with E-state index in [0.717, 1.165) is 33.7 Å². The highest BCUT2D eigenvalue weighted by Gasteiger charge is 2.64. The summed E-state index contributed by atoms with van der Waals surface area (Å²) in [5.41, 5.74) is 5.16. The molecule has 1 saturated heterocycles. The number of benzene rings is 3. The Morgan fingerprint density at radius 3 is 2.31 bits per heavy atom. The number of ether oxygens (including phenoxy) is 2. The quantitative estimate of drug-likeness (QED) is 0.0634. The van der Waals surface area contributed by atoms with E-state index in [9.17, 15) is 29.5 Å². The second-order valence-electron chi connectivity index (χ2n) is 20.1. The highest BCUT2D eigenvalue weighted by atomic mass is 79.9. The molecule has 1 aromatic heterocycles. The average molecular weight is 1010 g/mol. The zero-order valence-electron chi connectivity index (χ0n) is 40.4. The molecule has 4 amide bonds. The van der Waals surface area contributed by atoms with Crippen LogP contribution in [0.5, 0.6) is 5.75 Å². The zero-order chi connectivity index (χ0) is 49.6. The molecule has 3 aromatic carbocycles. The van der Waals surface area contributed by atoms with Gasteiger partial charge in [0.25, 0.3) is 5.91 Å². The van der Waals surface area contributed by atoms with Crippen molar-refractivity contribution < 1.29 is 33.8 Å². The van der Waals surface area contributed by atoms with Crippen molar-refractivity contribution in [2.75, 3.05) is 19.8 Å². The van der Waals surface area contributed by atoms with E-state index in [1.807, 2.05) is 76.5 Å². The van der Waals surface area contributed by atoms with Crippen molar-refractivity contribution in [2.45, 2.75) is 124 Å². The van der Waals surface area contributed by atoms with Gasteiger partial charge in [-0.3, -0.25) is 19.2 Å². The third-order valence-electron chi connectivity index (χ3n) is 12.9. The van der Waals surface area contributed by atoms with Crippen LogP contribution in [-0.2, 0) is 19.1 Å². The molecule has 0 spiro atoms. The number of hydrogen-bond acceptors (Lipinski definition) is 10. The highest BCUT2D eigenvalue weighted by molar-refractivity contribution is 9.10. The molecule has 4 aromatic rings. The van der Waals surface area contributed by atoms with E-state index in [4.69, 9.17) is 9.47 Å². The van der Waals surface area contributed by atoms with Crippen molar-refractivity contribution in [3.8, 4) is 34.1 Å². The fourth-order valence-corrected chi connectivity index (χ4v) is 10.7. The second kappa shape index (κ2) is 21.8. The van der Waals surface area contributed by atoms with Crippen LogP contribution < -0.4 is 20.7 Å². The van der Waals surface area contributed by atoms with Gasteiger partial charge < -0.3 is 35.4 Å². The number of thiazole rings is 1. The molecule has 1 saturated carbocycles. The first-order valence-corrected chi connectivity index (χ1v) is 24.7. The van der Waals surface area contributed by atoms with Crippen LogP contribution in [0.2, 0.25) is 0 Å². The van der Waals surface area contributed by atoms with E-state index < -0.39 is 35.4 Å². The van der Waals surface area contributed by atoms with Gasteiger partial charge in [0.2, 0.25) is 17.7 Å². The van der Waals surface area contributed by atoms with Crippen LogP contribution in [0.1, 0.15) is 120 Å². The minimum atomic E-state index is -0.960. The summed E-state index contributed by atoms with van der Waals surface area (Å²) in [5.74, 6) is 5.55. The number of nitrogens with one attached hydrogen (secondary N) is 3. The molecule has 0 bridgehead atoms. The van der Waals surface area contributed by atoms with Gasteiger partial charge in [-0.05, 0) is 102 Å². The number of carbonyl (C=O) groups excluding carboxylic acids is 4. The predicted octanol–water partition coefficient (Wildman–Crippen LogP) is 8.27. The van der Waals surface area contributed by atoms with E-state index in [0.29, 0.717) is 40.8 Å². The van der Waals surface area contributed by atoms with Gasteiger partial charge in [-0.25, -0.2) is 4.98 Å². The summed E-state index contributed by atoms with van der Waals surface area (Å²) >= 11 is 5.01. The van der Waals surface area contributed by atoms with Gasteiger partial charge in [0.15, 0.2) is 0 Å². The van der Waals surface area contributed by atoms with Crippen molar-refractivity contribution in [3.05, 3.63) is 105 Å². The first-order chi connectivity index (χ1) is 32.1. The Morgan fingerprint density at radius 1 is 1.00 bits per heavy atom. The number of aliphatic hydroxyl groups is 1. The van der Waals surface area contributed by atoms with Crippen molar-refractivity contribution in [1.29, 1.82) is 5.26 Å². The summed E-state index contributed by atoms with van der Waals surface area (Å²) < 4.78 is 12.7. The topological polar surface area (TPSA) is 183 Å². The molecule has 13 nitrogen and oxygen atoms in total. The molecule has 6 rings (SSSR count). The number of halogens is 1. The normalized spacial score (nSPS) is 20.1. The summed E-state index contributed by atoms with van der Waals surface area (Å²) in [6.07, 6.45) is 1.07. The molecule has 360 valence electrons. The monoisotopic (exact) mass is 1010 g/mol. The van der Waals surface area contributed by atoms with Crippen LogP contribution in [0.15, 0.2) is 76.7 Å². The number of rotatable bonds is 16. The number of nitriles is 1. The number of aliphatic hydroxyl groups excluding tert-OH is 1. The fourth-order valence-electron chi connectivity index (χ4n) is 9.48. The number of unbranched alkanes of at least 4 members (excludes halogenated alkanes) is 2. The molecule has 0 radical (unpaired) electrons. The number of likely N-dealkylation sites (tertiary alicyclic amines) is 1. The first-order valence-electron chi connectivity index (χ1n) is 23.0. The summed E-state index contributed by atoms with van der Waals surface area (Å²) in [6.45, 7) is 17.8. The van der Waals surface area contributed by atoms with Gasteiger partial charge in [0.05, 0.1) is 33.8 Å². The molecular formula is C53H63BrN6O7S. The SMILES string of the molecule is Cc1ncsc1-c1ccc([C@H](C)NC(=O)C2C[C@@H](O)CN2C(=O)[C@@H](NC(=O)COCCCCC#Cc2ccc(C(=O)N[C@H]3C(C)(C)[C@H](Oc4ccc(C#N)c(Br)c4)C3(C)C)cc2)C(C)(C)C)cc1. The lowest BCUT2D eigenvalue weighted by Crippen LogP contribution is -2.74. The molecule has 4 N–H and O–H groups in total. The Bertz CT molecular complexity index is 2550. The minimum Gasteiger partial charge on any atom is -0.489 e. The average Bonchev–Trinajstić information content (AvgIpc) is 3.91. The zero-order valence-corrected chi connectivity index (χ0v) is 42.8. The van der Waals surface area contributed by atoms with Gasteiger partial charge in [-0.1, -0.05) is 84.6 Å². The van der Waals surface area contributed by atoms with Crippen LogP contribution >= 0.6 is 27.3 Å². The fraction of sp³-hybridized carbons (Fsp3) is 0.472. The Kier molecular flexibility index (Phi) is 16.6. The first kappa shape index (κ1) is 51.8. The van der Waals surface area contributed by atoms with Gasteiger partial charge in [0.1, 0.15) is 36.6 Å². The molecule has 1 aliphatic carbocycles. The summed E-state index contributed by atoms with van der Waals surface area (Å²) in [4.78, 5) is 61.0. The van der Waals surface area contributed by atoms with Crippen molar-refractivity contribution in [1.82, 2.24) is 25.8 Å². The van der Waals surface area contributed by atoms with Crippen LogP contribution in [0, 0.1) is 46.3 Å². The third kappa shape index (κ3) is 12.2. The van der Waals surface area contributed by atoms with Crippen molar-refractivity contribution in [2.24, 2.45) is 16.2 Å². The lowest BCUT2D eigenvalue weighted by molar-refractivity contribution is -0.164. The predicted molar refractivity (Wildman–Crippen MR) is 266 cm³/mol. The van der Waals surface area contributed by atoms with E-state index >= 15 is 0 Å². The number of amides is 4. The number of aryl methyl sites for hydroxylation is 1. The van der Waals surface area contributed by atoms with Crippen LogP contribution in [0.25, 0.3) is 10.4 Å². The van der Waals surface area contributed by atoms with Gasteiger partial charge in [-0.2, -0.15) is 5.26 Å². The Labute approximate surface area is 412 Å². The maximum absolute atomic E-state index is 14.1. The maximum Gasteiger partial charge on any atom is 0.251 e. The lowest BCUT2D eigenvalue weighted by atomic mass is 9.49. The molecule has 1 aliphatic heterocycles. The highest BCUT2D eigenvalue weighted by Crippen LogP contribution is 2.55. The standard InChI is InChI=1S/C53H63BrN6O7S/c1-32(35-19-21-36(22-20-35)44-33(2)56-31-68-44)57-47(64)42-26-39(61)29-60(42)48(65)45(51(3,4)5)58-43(62)30-66-25-13-11-10-12-14-34-15-17-37(18-16-34)46(63)59-49-52(6,7)50(53(49,8)9)67-40-24-23-38(28-55)41(54)27-40/h15-24,27,31-32,39,42,45,49-50,61H,10-11,13,25-26,29-30H2,1-9H3,(H,57,64)(H,58,62)(H,59,63)/t32-,39+,42?,45+,49-,50-/m0/s1. The minimum absolute atomic E-state index is 0.0177. The van der Waals surface area contributed by atoms with Crippen LogP contribution in [0.4, 0.5) is 0 Å². The van der Waals surface area contributed by atoms with E-state index in [1.165, 1.54) is 4.90 Å².